The number of hydrogen-bond acceptors (Lipinski definition) is 10. The Hall–Kier alpha value is -2.81. The molecule has 1 aromatic carbocycles. The summed E-state index contributed by atoms with van der Waals surface area (Å²) in [5, 5.41) is 25.9. The van der Waals surface area contributed by atoms with Crippen LogP contribution in [0.15, 0.2) is 41.0 Å². The molecule has 1 aliphatic carbocycles. The summed E-state index contributed by atoms with van der Waals surface area (Å²) in [6.45, 7) is 2.24. The minimum absolute atomic E-state index is 0.00329. The van der Waals surface area contributed by atoms with Gasteiger partial charge in [0.1, 0.15) is 29.0 Å². The zero-order chi connectivity index (χ0) is 27.9. The molecule has 0 aromatic heterocycles. The van der Waals surface area contributed by atoms with Crippen molar-refractivity contribution >= 4 is 27.4 Å². The van der Waals surface area contributed by atoms with Crippen LogP contribution >= 0.6 is 0 Å². The second kappa shape index (κ2) is 13.3. The number of hydrogen-bond donors (Lipinski definition) is 5. The second-order valence-corrected chi connectivity index (χ2v) is 10.7. The van der Waals surface area contributed by atoms with Crippen LogP contribution in [-0.2, 0) is 24.3 Å². The van der Waals surface area contributed by atoms with Crippen LogP contribution in [0.2, 0.25) is 0 Å². The van der Waals surface area contributed by atoms with E-state index in [1.165, 1.54) is 26.3 Å². The van der Waals surface area contributed by atoms with Crippen molar-refractivity contribution in [2.75, 3.05) is 32.6 Å². The van der Waals surface area contributed by atoms with Gasteiger partial charge in [0, 0.05) is 25.8 Å². The number of ether oxygens (including phenoxy) is 3. The number of anilines is 1. The van der Waals surface area contributed by atoms with E-state index >= 15 is 0 Å². The van der Waals surface area contributed by atoms with Crippen LogP contribution in [0.3, 0.4) is 0 Å². The van der Waals surface area contributed by atoms with Crippen LogP contribution in [-0.4, -0.2) is 82.2 Å². The molecule has 1 aliphatic heterocycles. The molecule has 38 heavy (non-hydrogen) atoms. The summed E-state index contributed by atoms with van der Waals surface area (Å²) in [5.41, 5.74) is 0.317. The first-order chi connectivity index (χ1) is 18.1. The number of allylic oxidation sites excluding steroid dienone is 3. The average molecular weight is 554 g/mol. The molecule has 4 atom stereocenters. The number of aliphatic hydroxyl groups is 2. The van der Waals surface area contributed by atoms with E-state index in [0.29, 0.717) is 18.0 Å². The lowest BCUT2D eigenvalue weighted by Crippen LogP contribution is -2.58. The van der Waals surface area contributed by atoms with Crippen molar-refractivity contribution in [3.63, 3.8) is 0 Å². The number of benzene rings is 1. The smallest absolute Gasteiger partial charge is 0.251 e. The number of aliphatic hydroxyl groups excluding tert-OH is 2. The first-order valence-electron chi connectivity index (χ1n) is 12.4. The van der Waals surface area contributed by atoms with E-state index in [2.05, 4.69) is 15.4 Å². The van der Waals surface area contributed by atoms with Crippen LogP contribution in [0.25, 0.3) is 0 Å². The third-order valence-corrected chi connectivity index (χ3v) is 7.53. The molecule has 5 N–H and O–H groups in total. The van der Waals surface area contributed by atoms with E-state index in [1.807, 2.05) is 19.1 Å². The largest absolute Gasteiger partial charge is 0.454 e. The first-order valence-corrected chi connectivity index (χ1v) is 13.9. The third kappa shape index (κ3) is 6.98. The molecule has 12 nitrogen and oxygen atoms in total. The van der Waals surface area contributed by atoms with E-state index in [1.54, 1.807) is 6.08 Å². The van der Waals surface area contributed by atoms with Crippen molar-refractivity contribution in [3.8, 4) is 5.75 Å². The van der Waals surface area contributed by atoms with Gasteiger partial charge in [-0.15, -0.1) is 0 Å². The van der Waals surface area contributed by atoms with E-state index in [0.717, 1.165) is 25.7 Å². The van der Waals surface area contributed by atoms with Gasteiger partial charge in [-0.05, 0) is 50.6 Å². The fourth-order valence-corrected chi connectivity index (χ4v) is 4.81. The highest BCUT2D eigenvalue weighted by atomic mass is 32.2. The maximum Gasteiger partial charge on any atom is 0.251 e. The fourth-order valence-electron chi connectivity index (χ4n) is 3.92. The number of amides is 1. The Morgan fingerprint density at radius 3 is 2.63 bits per heavy atom. The number of carbonyl (C=O) groups is 2. The maximum atomic E-state index is 13.1. The predicted molar refractivity (Wildman–Crippen MR) is 138 cm³/mol. The maximum absolute atomic E-state index is 13.1. The van der Waals surface area contributed by atoms with Gasteiger partial charge < -0.3 is 35.1 Å². The lowest BCUT2D eigenvalue weighted by molar-refractivity contribution is -0.226. The number of carbonyl (C=O) groups excluding carboxylic acids is 2. The molecular weight excluding hydrogens is 518 g/mol. The van der Waals surface area contributed by atoms with Gasteiger partial charge in [0.15, 0.2) is 5.75 Å². The van der Waals surface area contributed by atoms with Crippen molar-refractivity contribution in [1.29, 1.82) is 0 Å². The van der Waals surface area contributed by atoms with Crippen LogP contribution in [0.4, 0.5) is 5.69 Å². The van der Waals surface area contributed by atoms with Crippen molar-refractivity contribution in [3.05, 3.63) is 41.7 Å². The van der Waals surface area contributed by atoms with Gasteiger partial charge in [0.05, 0.1) is 5.69 Å². The zero-order valence-corrected chi connectivity index (χ0v) is 22.4. The molecule has 1 fully saturated rings. The molecule has 3 rings (SSSR count). The summed E-state index contributed by atoms with van der Waals surface area (Å²) in [6.07, 6.45) is 2.96. The number of methoxy groups -OCH3 is 1. The van der Waals surface area contributed by atoms with Crippen LogP contribution in [0.1, 0.15) is 43.0 Å². The highest BCUT2D eigenvalue weighted by molar-refractivity contribution is 7.89. The van der Waals surface area contributed by atoms with Crippen molar-refractivity contribution < 1.29 is 42.4 Å². The number of Topliss-reactive ketones (excluding diaryl/α,β-unsaturated/α-hetero) is 1. The number of sulfonamides is 1. The van der Waals surface area contributed by atoms with E-state index in [4.69, 9.17) is 14.2 Å². The number of nitrogens with one attached hydrogen (secondary N) is 3. The predicted octanol–water partition coefficient (Wildman–Crippen LogP) is 0.811. The molecule has 1 saturated heterocycles. The molecule has 0 bridgehead atoms. The van der Waals surface area contributed by atoms with Gasteiger partial charge in [-0.2, -0.15) is 0 Å². The summed E-state index contributed by atoms with van der Waals surface area (Å²) in [7, 11) is -1.58. The Kier molecular flexibility index (Phi) is 10.4. The average Bonchev–Trinajstić information content (AvgIpc) is 2.92. The molecule has 4 unspecified atom stereocenters. The van der Waals surface area contributed by atoms with E-state index < -0.39 is 46.3 Å². The molecule has 210 valence electrons. The molecule has 1 aromatic rings. The minimum Gasteiger partial charge on any atom is -0.454 e. The quantitative estimate of drug-likeness (QED) is 0.233. The molecule has 1 amide bonds. The van der Waals surface area contributed by atoms with Crippen molar-refractivity contribution in [1.82, 2.24) is 10.0 Å². The fraction of sp³-hybridized carbons (Fsp3) is 0.520. The van der Waals surface area contributed by atoms with Gasteiger partial charge in [0.2, 0.25) is 22.1 Å². The highest BCUT2D eigenvalue weighted by Crippen LogP contribution is 2.36. The summed E-state index contributed by atoms with van der Waals surface area (Å²) in [4.78, 5) is 24.8. The molecule has 13 heteroatoms. The molecule has 0 saturated carbocycles. The number of ketones is 1. The Morgan fingerprint density at radius 1 is 1.24 bits per heavy atom. The molecule has 2 aliphatic rings. The van der Waals surface area contributed by atoms with E-state index in [-0.39, 0.29) is 22.8 Å². The molecule has 0 spiro atoms. The first kappa shape index (κ1) is 29.7. The van der Waals surface area contributed by atoms with E-state index in [9.17, 15) is 28.2 Å². The van der Waals surface area contributed by atoms with Gasteiger partial charge in [-0.3, -0.25) is 9.59 Å². The van der Waals surface area contributed by atoms with Crippen molar-refractivity contribution in [2.24, 2.45) is 0 Å². The molecule has 1 heterocycles. The third-order valence-electron chi connectivity index (χ3n) is 6.11. The summed E-state index contributed by atoms with van der Waals surface area (Å²) < 4.78 is 44.5. The Morgan fingerprint density at radius 2 is 2.00 bits per heavy atom. The van der Waals surface area contributed by atoms with Crippen LogP contribution in [0, 0.1) is 0 Å². The van der Waals surface area contributed by atoms with Crippen molar-refractivity contribution in [2.45, 2.75) is 62.1 Å². The summed E-state index contributed by atoms with van der Waals surface area (Å²) in [6, 6.07) is 2.68. The standard InChI is InChI=1S/C25H35N3O9S/c1-4-5-11-27-17-12-15(24(32)28-14-18-20(29)21(30)22(31)25(35-3)37-18)13-19(38(33,34)26-2)23(17)36-16-9-7-6-8-10-16/h7,9-10,12-13,18,20-21,25-27,29-30H,4-6,8,11,14H2,1-3H3,(H,28,32). The van der Waals surface area contributed by atoms with Gasteiger partial charge in [-0.1, -0.05) is 19.4 Å². The lowest BCUT2D eigenvalue weighted by Gasteiger charge is -2.35. The Bertz CT molecular complexity index is 1180. The minimum atomic E-state index is -4.06. The topological polar surface area (TPSA) is 173 Å². The Balaban J connectivity index is 1.93. The Labute approximate surface area is 222 Å². The zero-order valence-electron chi connectivity index (χ0n) is 21.6. The lowest BCUT2D eigenvalue weighted by atomic mass is 10.00. The van der Waals surface area contributed by atoms with Gasteiger partial charge in [-0.25, -0.2) is 13.1 Å². The highest BCUT2D eigenvalue weighted by Gasteiger charge is 2.43. The molecular formula is C25H35N3O9S. The number of rotatable bonds is 12. The summed E-state index contributed by atoms with van der Waals surface area (Å²) in [5.74, 6) is -0.953. The molecule has 0 radical (unpaired) electrons. The summed E-state index contributed by atoms with van der Waals surface area (Å²) >= 11 is 0. The van der Waals surface area contributed by atoms with Gasteiger partial charge >= 0.3 is 0 Å². The van der Waals surface area contributed by atoms with Gasteiger partial charge in [0.25, 0.3) is 5.91 Å². The van der Waals surface area contributed by atoms with Crippen LogP contribution < -0.4 is 20.1 Å². The number of unbranched alkanes of at least 4 members (excludes halogenated alkanes) is 1. The normalized spacial score (nSPS) is 23.6. The van der Waals surface area contributed by atoms with Crippen LogP contribution in [0.5, 0.6) is 5.75 Å². The monoisotopic (exact) mass is 553 g/mol. The second-order valence-electron chi connectivity index (χ2n) is 8.82. The SMILES string of the molecule is CCCCNc1cc(C(=O)NCC2OC(OC)C(=O)C(O)C2O)cc(S(=O)(=O)NC)c1OC1=CCCC=C1.